The standard InChI is InChI=1S/C16H20N4O2/c1-11-8-19(9-13(11)10-21)16(22)14-7-18-20(12(14)2)15-5-3-4-6-17-15/h3-7,11,13,21H,8-10H2,1-2H3/t11-,13+/m1/s1. The molecule has 2 aromatic rings. The lowest BCUT2D eigenvalue weighted by Gasteiger charge is -2.15. The molecule has 2 atom stereocenters. The molecule has 0 aliphatic carbocycles. The summed E-state index contributed by atoms with van der Waals surface area (Å²) in [5.74, 6) is 1.15. The summed E-state index contributed by atoms with van der Waals surface area (Å²) in [6.07, 6.45) is 3.30. The van der Waals surface area contributed by atoms with E-state index >= 15 is 0 Å². The lowest BCUT2D eigenvalue weighted by molar-refractivity contribution is 0.0780. The van der Waals surface area contributed by atoms with Crippen molar-refractivity contribution in [3.05, 3.63) is 41.9 Å². The summed E-state index contributed by atoms with van der Waals surface area (Å²) in [7, 11) is 0. The molecule has 6 nitrogen and oxygen atoms in total. The number of likely N-dealkylation sites (tertiary alicyclic amines) is 1. The lowest BCUT2D eigenvalue weighted by Crippen LogP contribution is -2.29. The van der Waals surface area contributed by atoms with Gasteiger partial charge in [-0.1, -0.05) is 13.0 Å². The molecule has 0 spiro atoms. The molecule has 0 bridgehead atoms. The highest BCUT2D eigenvalue weighted by molar-refractivity contribution is 5.95. The van der Waals surface area contributed by atoms with Crippen LogP contribution in [0.15, 0.2) is 30.6 Å². The van der Waals surface area contributed by atoms with E-state index < -0.39 is 0 Å². The molecule has 6 heteroatoms. The molecule has 3 rings (SSSR count). The van der Waals surface area contributed by atoms with E-state index in [-0.39, 0.29) is 18.4 Å². The Hall–Kier alpha value is -2.21. The zero-order valence-electron chi connectivity index (χ0n) is 12.8. The molecule has 2 aromatic heterocycles. The van der Waals surface area contributed by atoms with Crippen LogP contribution < -0.4 is 0 Å². The summed E-state index contributed by atoms with van der Waals surface area (Å²) in [6, 6.07) is 5.59. The first kappa shape index (κ1) is 14.7. The zero-order valence-corrected chi connectivity index (χ0v) is 12.8. The van der Waals surface area contributed by atoms with Gasteiger partial charge in [-0.2, -0.15) is 5.10 Å². The van der Waals surface area contributed by atoms with E-state index in [0.29, 0.717) is 30.4 Å². The molecule has 1 amide bonds. The highest BCUT2D eigenvalue weighted by Crippen LogP contribution is 2.25. The molecule has 116 valence electrons. The number of aliphatic hydroxyl groups is 1. The van der Waals surface area contributed by atoms with Crippen LogP contribution in [-0.2, 0) is 0 Å². The smallest absolute Gasteiger partial charge is 0.257 e. The Morgan fingerprint density at radius 3 is 2.86 bits per heavy atom. The number of hydrogen-bond acceptors (Lipinski definition) is 4. The topological polar surface area (TPSA) is 71.2 Å². The van der Waals surface area contributed by atoms with E-state index in [4.69, 9.17) is 0 Å². The summed E-state index contributed by atoms with van der Waals surface area (Å²) in [5, 5.41) is 13.6. The second kappa shape index (κ2) is 5.88. The van der Waals surface area contributed by atoms with Crippen LogP contribution in [0.5, 0.6) is 0 Å². The Labute approximate surface area is 129 Å². The van der Waals surface area contributed by atoms with Crippen molar-refractivity contribution in [3.63, 3.8) is 0 Å². The van der Waals surface area contributed by atoms with Gasteiger partial charge in [-0.15, -0.1) is 0 Å². The van der Waals surface area contributed by atoms with Gasteiger partial charge >= 0.3 is 0 Å². The van der Waals surface area contributed by atoms with Gasteiger partial charge in [-0.25, -0.2) is 9.67 Å². The second-order valence-electron chi connectivity index (χ2n) is 5.87. The molecule has 0 aromatic carbocycles. The molecule has 0 saturated carbocycles. The molecule has 22 heavy (non-hydrogen) atoms. The minimum atomic E-state index is -0.0255. The van der Waals surface area contributed by atoms with Crippen molar-refractivity contribution in [2.24, 2.45) is 11.8 Å². The van der Waals surface area contributed by atoms with E-state index in [9.17, 15) is 9.90 Å². The Morgan fingerprint density at radius 1 is 1.41 bits per heavy atom. The Bertz CT molecular complexity index is 668. The van der Waals surface area contributed by atoms with Gasteiger partial charge in [0.15, 0.2) is 5.82 Å². The first-order valence-corrected chi connectivity index (χ1v) is 7.48. The predicted molar refractivity (Wildman–Crippen MR) is 81.7 cm³/mol. The molecular weight excluding hydrogens is 280 g/mol. The van der Waals surface area contributed by atoms with E-state index in [1.54, 1.807) is 22.0 Å². The summed E-state index contributed by atoms with van der Waals surface area (Å²) in [4.78, 5) is 18.8. The first-order valence-electron chi connectivity index (χ1n) is 7.48. The maximum absolute atomic E-state index is 12.7. The summed E-state index contributed by atoms with van der Waals surface area (Å²) in [6.45, 7) is 5.34. The fourth-order valence-corrected chi connectivity index (χ4v) is 2.94. The molecule has 1 aliphatic rings. The molecule has 1 saturated heterocycles. The minimum absolute atomic E-state index is 0.0255. The number of aliphatic hydroxyl groups excluding tert-OH is 1. The van der Waals surface area contributed by atoms with E-state index in [1.165, 1.54) is 0 Å². The number of pyridine rings is 1. The van der Waals surface area contributed by atoms with Crippen molar-refractivity contribution in [1.82, 2.24) is 19.7 Å². The number of carbonyl (C=O) groups excluding carboxylic acids is 1. The number of hydrogen-bond donors (Lipinski definition) is 1. The van der Waals surface area contributed by atoms with Crippen molar-refractivity contribution in [2.45, 2.75) is 13.8 Å². The fraction of sp³-hybridized carbons (Fsp3) is 0.438. The summed E-state index contributed by atoms with van der Waals surface area (Å²) >= 11 is 0. The van der Waals surface area contributed by atoms with Crippen molar-refractivity contribution in [1.29, 1.82) is 0 Å². The maximum atomic E-state index is 12.7. The SMILES string of the molecule is Cc1c(C(=O)N2C[C@@H](CO)[C@H](C)C2)cnn1-c1ccccn1. The number of carbonyl (C=O) groups is 1. The van der Waals surface area contributed by atoms with E-state index in [0.717, 1.165) is 5.69 Å². The predicted octanol–water partition coefficient (Wildman–Crippen LogP) is 1.28. The van der Waals surface area contributed by atoms with Crippen LogP contribution in [0.2, 0.25) is 0 Å². The van der Waals surface area contributed by atoms with Gasteiger partial charge in [0.2, 0.25) is 0 Å². The number of rotatable bonds is 3. The van der Waals surface area contributed by atoms with Gasteiger partial charge in [0, 0.05) is 31.8 Å². The molecule has 0 radical (unpaired) electrons. The van der Waals surface area contributed by atoms with Crippen LogP contribution in [0, 0.1) is 18.8 Å². The highest BCUT2D eigenvalue weighted by atomic mass is 16.3. The van der Waals surface area contributed by atoms with Gasteiger partial charge in [0.05, 0.1) is 17.5 Å². The molecule has 3 heterocycles. The zero-order chi connectivity index (χ0) is 15.7. The van der Waals surface area contributed by atoms with Crippen molar-refractivity contribution < 1.29 is 9.90 Å². The number of nitrogens with zero attached hydrogens (tertiary/aromatic N) is 4. The first-order chi connectivity index (χ1) is 10.6. The van der Waals surface area contributed by atoms with Crippen molar-refractivity contribution in [3.8, 4) is 5.82 Å². The molecule has 0 unspecified atom stereocenters. The largest absolute Gasteiger partial charge is 0.396 e. The molecular formula is C16H20N4O2. The fourth-order valence-electron chi connectivity index (χ4n) is 2.94. The lowest BCUT2D eigenvalue weighted by atomic mass is 10.00. The normalized spacial score (nSPS) is 21.3. The van der Waals surface area contributed by atoms with Gasteiger partial charge < -0.3 is 10.0 Å². The Kier molecular flexibility index (Phi) is 3.94. The van der Waals surface area contributed by atoms with Crippen LogP contribution in [0.3, 0.4) is 0 Å². The monoisotopic (exact) mass is 300 g/mol. The average molecular weight is 300 g/mol. The van der Waals surface area contributed by atoms with Crippen molar-refractivity contribution >= 4 is 5.91 Å². The van der Waals surface area contributed by atoms with Gasteiger partial charge in [0.25, 0.3) is 5.91 Å². The van der Waals surface area contributed by atoms with Crippen molar-refractivity contribution in [2.75, 3.05) is 19.7 Å². The second-order valence-corrected chi connectivity index (χ2v) is 5.87. The van der Waals surface area contributed by atoms with Crippen LogP contribution in [-0.4, -0.2) is 50.4 Å². The van der Waals surface area contributed by atoms with Gasteiger partial charge in [-0.3, -0.25) is 4.79 Å². The van der Waals surface area contributed by atoms with E-state index in [2.05, 4.69) is 17.0 Å². The number of aromatic nitrogens is 3. The van der Waals surface area contributed by atoms with Crippen LogP contribution in [0.4, 0.5) is 0 Å². The third kappa shape index (κ3) is 2.50. The molecule has 1 aliphatic heterocycles. The van der Waals surface area contributed by atoms with Crippen LogP contribution >= 0.6 is 0 Å². The minimum Gasteiger partial charge on any atom is -0.396 e. The Morgan fingerprint density at radius 2 is 2.23 bits per heavy atom. The quantitative estimate of drug-likeness (QED) is 0.927. The van der Waals surface area contributed by atoms with E-state index in [1.807, 2.05) is 25.1 Å². The third-order valence-corrected chi connectivity index (χ3v) is 4.40. The van der Waals surface area contributed by atoms with Gasteiger partial charge in [0.1, 0.15) is 0 Å². The highest BCUT2D eigenvalue weighted by Gasteiger charge is 2.33. The Balaban J connectivity index is 1.85. The summed E-state index contributed by atoms with van der Waals surface area (Å²) in [5.41, 5.74) is 1.38. The third-order valence-electron chi connectivity index (χ3n) is 4.40. The number of amides is 1. The molecule has 1 fully saturated rings. The average Bonchev–Trinajstić information content (AvgIpc) is 3.10. The summed E-state index contributed by atoms with van der Waals surface area (Å²) < 4.78 is 1.68. The molecule has 1 N–H and O–H groups in total. The van der Waals surface area contributed by atoms with Crippen LogP contribution in [0.25, 0.3) is 5.82 Å². The van der Waals surface area contributed by atoms with Gasteiger partial charge in [-0.05, 0) is 25.0 Å². The maximum Gasteiger partial charge on any atom is 0.257 e. The van der Waals surface area contributed by atoms with Crippen LogP contribution in [0.1, 0.15) is 23.0 Å².